The Labute approximate surface area is 173 Å². The Morgan fingerprint density at radius 1 is 0.933 bits per heavy atom. The largest absolute Gasteiger partial charge is 0.737 e. The number of aromatic nitrogens is 2. The number of halogens is 2. The van der Waals surface area contributed by atoms with E-state index in [1.807, 2.05) is 46.8 Å². The smallest absolute Gasteiger partial charge is 0.393 e. The van der Waals surface area contributed by atoms with Crippen molar-refractivity contribution >= 4 is 34.1 Å². The highest BCUT2D eigenvalue weighted by atomic mass is 19.2. The quantitative estimate of drug-likeness (QED) is 0.359. The van der Waals surface area contributed by atoms with Crippen molar-refractivity contribution in [2.24, 2.45) is 0 Å². The lowest BCUT2D eigenvalue weighted by Crippen LogP contribution is -2.74. The lowest BCUT2D eigenvalue weighted by Gasteiger charge is -2.29. The fourth-order valence-corrected chi connectivity index (χ4v) is 6.32. The fourth-order valence-electron chi connectivity index (χ4n) is 6.32. The third kappa shape index (κ3) is 1.75. The summed E-state index contributed by atoms with van der Waals surface area (Å²) in [5, 5.41) is 7.12. The van der Waals surface area contributed by atoms with Crippen LogP contribution in [-0.4, -0.2) is 11.4 Å². The van der Waals surface area contributed by atoms with Crippen molar-refractivity contribution < 1.29 is 13.1 Å². The summed E-state index contributed by atoms with van der Waals surface area (Å²) >= 11 is 0. The number of rotatable bonds is 1. The molecule has 2 aromatic carbocycles. The van der Waals surface area contributed by atoms with Gasteiger partial charge in [0, 0.05) is 18.2 Å². The van der Waals surface area contributed by atoms with Crippen molar-refractivity contribution in [3.8, 4) is 0 Å². The van der Waals surface area contributed by atoms with Crippen LogP contribution in [0.2, 0.25) is 0 Å². The van der Waals surface area contributed by atoms with Crippen LogP contribution in [0.15, 0.2) is 36.4 Å². The fraction of sp³-hybridized carbons (Fsp3) is 0.240. The van der Waals surface area contributed by atoms with Crippen molar-refractivity contribution in [3.05, 3.63) is 80.4 Å². The summed E-state index contributed by atoms with van der Waals surface area (Å²) in [6.07, 6.45) is 0.758. The van der Waals surface area contributed by atoms with Crippen LogP contribution in [0.25, 0.3) is 27.1 Å². The molecule has 0 amide bonds. The molecule has 6 rings (SSSR count). The second-order valence-electron chi connectivity index (χ2n) is 8.74. The Balaban J connectivity index is 1.97. The van der Waals surface area contributed by atoms with Gasteiger partial charge in [-0.05, 0) is 65.6 Å². The number of fused-ring (bicyclic) bond motifs is 5. The molecule has 3 aromatic rings. The molecular formula is C25H23BF2N2. The average Bonchev–Trinajstić information content (AvgIpc) is 3.30. The summed E-state index contributed by atoms with van der Waals surface area (Å²) in [4.78, 5) is 0. The Morgan fingerprint density at radius 2 is 1.57 bits per heavy atom. The Bertz CT molecular complexity index is 1640. The van der Waals surface area contributed by atoms with Crippen LogP contribution >= 0.6 is 0 Å². The minimum Gasteiger partial charge on any atom is -0.393 e. The Hall–Kier alpha value is -2.95. The van der Waals surface area contributed by atoms with E-state index >= 15 is 8.63 Å². The summed E-state index contributed by atoms with van der Waals surface area (Å²) < 4.78 is 35.1. The molecule has 3 heterocycles. The van der Waals surface area contributed by atoms with Crippen molar-refractivity contribution in [2.75, 3.05) is 0 Å². The molecular weight excluding hydrogens is 377 g/mol. The topological polar surface area (TPSA) is 8.81 Å². The van der Waals surface area contributed by atoms with E-state index in [-0.39, 0.29) is 0 Å². The molecule has 2 nitrogen and oxygen atoms in total. The summed E-state index contributed by atoms with van der Waals surface area (Å²) in [5.74, 6) is 0. The van der Waals surface area contributed by atoms with E-state index in [1.54, 1.807) is 0 Å². The van der Waals surface area contributed by atoms with E-state index in [4.69, 9.17) is 0 Å². The minimum absolute atomic E-state index is 0.655. The minimum atomic E-state index is -3.97. The van der Waals surface area contributed by atoms with Crippen LogP contribution in [0.5, 0.6) is 0 Å². The van der Waals surface area contributed by atoms with E-state index < -0.39 is 6.97 Å². The molecule has 0 radical (unpaired) electrons. The third-order valence-corrected chi connectivity index (χ3v) is 7.43. The van der Waals surface area contributed by atoms with Gasteiger partial charge in [0.2, 0.25) is 0 Å². The molecule has 30 heavy (non-hydrogen) atoms. The second-order valence-corrected chi connectivity index (χ2v) is 8.74. The maximum atomic E-state index is 16.2. The van der Waals surface area contributed by atoms with Crippen molar-refractivity contribution in [1.29, 1.82) is 0 Å². The highest BCUT2D eigenvalue weighted by Gasteiger charge is 2.51. The first-order chi connectivity index (χ1) is 14.3. The molecule has 1 aliphatic carbocycles. The van der Waals surface area contributed by atoms with Crippen molar-refractivity contribution in [1.82, 2.24) is 4.48 Å². The van der Waals surface area contributed by atoms with Gasteiger partial charge < -0.3 is 17.6 Å². The van der Waals surface area contributed by atoms with Crippen LogP contribution in [0.3, 0.4) is 0 Å². The lowest BCUT2D eigenvalue weighted by atomic mass is 9.89. The van der Waals surface area contributed by atoms with E-state index in [9.17, 15) is 0 Å². The number of hydrogen-bond acceptors (Lipinski definition) is 0. The molecule has 1 aromatic heterocycles. The molecule has 2 aliphatic heterocycles. The van der Waals surface area contributed by atoms with Gasteiger partial charge in [0.1, 0.15) is 5.69 Å². The zero-order valence-corrected chi connectivity index (χ0v) is 17.9. The van der Waals surface area contributed by atoms with Gasteiger partial charge in [0.25, 0.3) is 0 Å². The predicted molar refractivity (Wildman–Crippen MR) is 118 cm³/mol. The zero-order valence-electron chi connectivity index (χ0n) is 17.9. The van der Waals surface area contributed by atoms with Gasteiger partial charge in [0.05, 0.1) is 10.4 Å². The molecule has 5 heteroatoms. The molecule has 0 bridgehead atoms. The average molecular weight is 400 g/mol. The summed E-state index contributed by atoms with van der Waals surface area (Å²) in [6.45, 7) is 5.77. The van der Waals surface area contributed by atoms with E-state index in [2.05, 4.69) is 24.3 Å². The zero-order chi connectivity index (χ0) is 21.1. The van der Waals surface area contributed by atoms with E-state index in [0.717, 1.165) is 49.7 Å². The first kappa shape index (κ1) is 17.9. The third-order valence-electron chi connectivity index (χ3n) is 7.43. The highest BCUT2D eigenvalue weighted by Crippen LogP contribution is 2.35. The van der Waals surface area contributed by atoms with Gasteiger partial charge in [-0.2, -0.15) is 0 Å². The van der Waals surface area contributed by atoms with Crippen molar-refractivity contribution in [2.45, 2.75) is 41.0 Å². The molecule has 0 spiro atoms. The van der Waals surface area contributed by atoms with Gasteiger partial charge in [0.15, 0.2) is 5.35 Å². The Kier molecular flexibility index (Phi) is 3.22. The Morgan fingerprint density at radius 3 is 2.20 bits per heavy atom. The predicted octanol–water partition coefficient (Wildman–Crippen LogP) is 4.75. The number of nitrogens with zero attached hydrogens (tertiary/aromatic N) is 2. The van der Waals surface area contributed by atoms with Gasteiger partial charge in [-0.1, -0.05) is 43.3 Å². The summed E-state index contributed by atoms with van der Waals surface area (Å²) in [7, 11) is 0. The second kappa shape index (κ2) is 5.40. The first-order valence-corrected chi connectivity index (χ1v) is 10.6. The molecule has 3 aliphatic rings. The van der Waals surface area contributed by atoms with E-state index in [0.29, 0.717) is 22.4 Å². The van der Waals surface area contributed by atoms with Crippen LogP contribution in [-0.2, 0) is 6.42 Å². The maximum absolute atomic E-state index is 16.2. The molecule has 0 unspecified atom stereocenters. The van der Waals surface area contributed by atoms with Crippen LogP contribution in [0.1, 0.15) is 42.1 Å². The SMILES string of the molecule is CCc1c(C)c2n(c1C)[B-](F)(F)[n+]1c(C)c3c4cccc5cccc(c=3c1=C2C)c54. The molecule has 0 atom stereocenters. The van der Waals surface area contributed by atoms with Crippen LogP contribution in [0, 0.1) is 31.2 Å². The van der Waals surface area contributed by atoms with Gasteiger partial charge in [-0.3, -0.25) is 0 Å². The normalized spacial score (nSPS) is 15.5. The van der Waals surface area contributed by atoms with Gasteiger partial charge in [-0.25, -0.2) is 0 Å². The monoisotopic (exact) mass is 400 g/mol. The lowest BCUT2D eigenvalue weighted by molar-refractivity contribution is -0.588. The first-order valence-electron chi connectivity index (χ1n) is 10.6. The van der Waals surface area contributed by atoms with Crippen LogP contribution < -0.4 is 9.83 Å². The van der Waals surface area contributed by atoms with Gasteiger partial charge >= 0.3 is 6.97 Å². The van der Waals surface area contributed by atoms with Gasteiger partial charge in [-0.15, -0.1) is 0 Å². The summed E-state index contributed by atoms with van der Waals surface area (Å²) in [5.41, 5.74) is 5.01. The molecule has 0 saturated heterocycles. The molecule has 150 valence electrons. The summed E-state index contributed by atoms with van der Waals surface area (Å²) in [6, 6.07) is 12.4. The highest BCUT2D eigenvalue weighted by molar-refractivity contribution is 6.56. The number of hydrogen-bond donors (Lipinski definition) is 0. The molecule has 0 N–H and O–H groups in total. The molecule has 0 saturated carbocycles. The number of benzene rings is 2. The van der Waals surface area contributed by atoms with Crippen molar-refractivity contribution in [3.63, 3.8) is 0 Å². The molecule has 0 fully saturated rings. The van der Waals surface area contributed by atoms with Crippen LogP contribution in [0.4, 0.5) is 8.63 Å². The standard InChI is InChI=1S/C25H23BF2N2/c1-6-18-13(2)24-14(3)25-23-20-12-8-10-17-9-7-11-19(22(17)20)21(23)16(5)30(25)26(27,28)29(24)15(18)4/h7-12H,6H2,1-5H3. The van der Waals surface area contributed by atoms with E-state index in [1.165, 1.54) is 14.3 Å². The maximum Gasteiger partial charge on any atom is 0.737 e.